The van der Waals surface area contributed by atoms with E-state index < -0.39 is 6.10 Å². The van der Waals surface area contributed by atoms with Crippen LogP contribution in [0, 0.1) is 0 Å². The van der Waals surface area contributed by atoms with E-state index in [9.17, 15) is 14.4 Å². The van der Waals surface area contributed by atoms with Crippen molar-refractivity contribution in [2.24, 2.45) is 0 Å². The van der Waals surface area contributed by atoms with E-state index in [4.69, 9.17) is 14.2 Å². The van der Waals surface area contributed by atoms with E-state index >= 15 is 0 Å². The Balaban J connectivity index is 4.40. The lowest BCUT2D eigenvalue weighted by Crippen LogP contribution is -2.30. The number of rotatable bonds is 47. The zero-order valence-electron chi connectivity index (χ0n) is 40.0. The molecule has 0 N–H and O–H groups in total. The van der Waals surface area contributed by atoms with Crippen LogP contribution in [0.3, 0.4) is 0 Å². The molecule has 0 aromatic heterocycles. The molecule has 0 saturated carbocycles. The van der Waals surface area contributed by atoms with Gasteiger partial charge in [-0.1, -0.05) is 192 Å². The fourth-order valence-electron chi connectivity index (χ4n) is 7.37. The summed E-state index contributed by atoms with van der Waals surface area (Å²) in [5, 5.41) is 0. The topological polar surface area (TPSA) is 78.9 Å². The van der Waals surface area contributed by atoms with Crippen LogP contribution in [0.5, 0.6) is 0 Å². The highest BCUT2D eigenvalue weighted by Crippen LogP contribution is 2.14. The summed E-state index contributed by atoms with van der Waals surface area (Å²) in [6, 6.07) is 0. The van der Waals surface area contributed by atoms with E-state index in [-0.39, 0.29) is 31.1 Å². The molecule has 0 aromatic carbocycles. The van der Waals surface area contributed by atoms with Crippen LogP contribution >= 0.6 is 0 Å². The number of ether oxygens (including phenoxy) is 3. The van der Waals surface area contributed by atoms with Crippen molar-refractivity contribution in [3.63, 3.8) is 0 Å². The number of hydrogen-bond acceptors (Lipinski definition) is 6. The van der Waals surface area contributed by atoms with Crippen LogP contribution < -0.4 is 0 Å². The average Bonchev–Trinajstić information content (AvgIpc) is 3.24. The molecule has 0 aromatic rings. The van der Waals surface area contributed by atoms with Gasteiger partial charge in [-0.2, -0.15) is 0 Å². The molecule has 0 fully saturated rings. The van der Waals surface area contributed by atoms with Crippen molar-refractivity contribution in [1.82, 2.24) is 0 Å². The Hall–Kier alpha value is -2.37. The molecule has 0 atom stereocenters. The largest absolute Gasteiger partial charge is 0.462 e. The van der Waals surface area contributed by atoms with Crippen LogP contribution in [0.25, 0.3) is 0 Å². The van der Waals surface area contributed by atoms with E-state index in [1.165, 1.54) is 148 Å². The zero-order valence-corrected chi connectivity index (χ0v) is 40.0. The molecule has 0 aliphatic heterocycles. The monoisotopic (exact) mass is 843 g/mol. The molecule has 0 saturated heterocycles. The third-order valence-electron chi connectivity index (χ3n) is 11.3. The van der Waals surface area contributed by atoms with Crippen molar-refractivity contribution in [3.05, 3.63) is 36.5 Å². The molecular formula is C54H98O6. The van der Waals surface area contributed by atoms with Crippen LogP contribution in [0.2, 0.25) is 0 Å². The van der Waals surface area contributed by atoms with Gasteiger partial charge in [-0.05, 0) is 96.3 Å². The Labute approximate surface area is 372 Å². The van der Waals surface area contributed by atoms with Crippen molar-refractivity contribution in [1.29, 1.82) is 0 Å². The molecule has 0 aliphatic rings. The third kappa shape index (κ3) is 46.7. The highest BCUT2D eigenvalue weighted by molar-refractivity contribution is 5.71. The Bertz CT molecular complexity index is 962. The molecule has 60 heavy (non-hydrogen) atoms. The summed E-state index contributed by atoms with van der Waals surface area (Å²) in [5.41, 5.74) is 0. The minimum Gasteiger partial charge on any atom is -0.462 e. The van der Waals surface area contributed by atoms with Crippen LogP contribution in [0.4, 0.5) is 0 Å². The zero-order chi connectivity index (χ0) is 43.7. The van der Waals surface area contributed by atoms with Gasteiger partial charge in [0.1, 0.15) is 13.2 Å². The van der Waals surface area contributed by atoms with Gasteiger partial charge in [0.15, 0.2) is 6.10 Å². The van der Waals surface area contributed by atoms with Gasteiger partial charge in [-0.25, -0.2) is 0 Å². The molecule has 0 bridgehead atoms. The SMILES string of the molecule is CCCCCCC/C=C\CCCCCCCC(=O)OCC(COC(=O)CCCCCCC/C=C\CCCCCCC)OC(=O)CCCCCCC/C=C\CCCCCCC. The second-order valence-corrected chi connectivity index (χ2v) is 17.4. The Morgan fingerprint density at radius 2 is 0.550 bits per heavy atom. The maximum atomic E-state index is 12.8. The van der Waals surface area contributed by atoms with E-state index in [0.717, 1.165) is 83.5 Å². The number of carbonyl (C=O) groups excluding carboxylic acids is 3. The molecular weight excluding hydrogens is 745 g/mol. The summed E-state index contributed by atoms with van der Waals surface area (Å²) in [5.74, 6) is -0.898. The lowest BCUT2D eigenvalue weighted by atomic mass is 10.1. The molecule has 0 amide bonds. The Morgan fingerprint density at radius 3 is 0.833 bits per heavy atom. The van der Waals surface area contributed by atoms with Crippen molar-refractivity contribution in [3.8, 4) is 0 Å². The molecule has 6 nitrogen and oxygen atoms in total. The lowest BCUT2D eigenvalue weighted by molar-refractivity contribution is -0.167. The van der Waals surface area contributed by atoms with Crippen LogP contribution in [0.15, 0.2) is 36.5 Å². The molecule has 0 aliphatic carbocycles. The van der Waals surface area contributed by atoms with E-state index in [1.54, 1.807) is 0 Å². The molecule has 0 rings (SSSR count). The quantitative estimate of drug-likeness (QED) is 0.0263. The maximum Gasteiger partial charge on any atom is 0.306 e. The first-order chi connectivity index (χ1) is 29.5. The first-order valence-corrected chi connectivity index (χ1v) is 26.0. The standard InChI is InChI=1S/C54H98O6/c1-4-7-10-13-16-19-22-25-28-31-34-37-40-43-46-52(55)58-49-51(60-54(57)48-45-42-39-36-33-30-27-24-21-18-15-12-9-6-3)50-59-53(56)47-44-41-38-35-32-29-26-23-20-17-14-11-8-5-2/h22-27,51H,4-21,28-50H2,1-3H3/b25-22-,26-23-,27-24-. The van der Waals surface area contributed by atoms with E-state index in [1.807, 2.05) is 0 Å². The van der Waals surface area contributed by atoms with Gasteiger partial charge in [-0.3, -0.25) is 14.4 Å². The number of hydrogen-bond donors (Lipinski definition) is 0. The normalized spacial score (nSPS) is 11.8. The van der Waals surface area contributed by atoms with E-state index in [2.05, 4.69) is 57.2 Å². The molecule has 350 valence electrons. The highest BCUT2D eigenvalue weighted by atomic mass is 16.6. The second kappa shape index (κ2) is 49.3. The van der Waals surface area contributed by atoms with Crippen molar-refractivity contribution in [2.45, 2.75) is 277 Å². The fourth-order valence-corrected chi connectivity index (χ4v) is 7.37. The summed E-state index contributed by atoms with van der Waals surface area (Å²) >= 11 is 0. The van der Waals surface area contributed by atoms with Crippen molar-refractivity contribution in [2.75, 3.05) is 13.2 Å². The summed E-state index contributed by atoms with van der Waals surface area (Å²) in [4.78, 5) is 37.9. The van der Waals surface area contributed by atoms with E-state index in [0.29, 0.717) is 19.3 Å². The first kappa shape index (κ1) is 57.6. The smallest absolute Gasteiger partial charge is 0.306 e. The first-order valence-electron chi connectivity index (χ1n) is 26.0. The average molecular weight is 843 g/mol. The Morgan fingerprint density at radius 1 is 0.317 bits per heavy atom. The van der Waals surface area contributed by atoms with Gasteiger partial charge in [0, 0.05) is 19.3 Å². The van der Waals surface area contributed by atoms with Gasteiger partial charge < -0.3 is 14.2 Å². The molecule has 6 heteroatoms. The number of unbranched alkanes of at least 4 members (excludes halogenated alkanes) is 30. The Kier molecular flexibility index (Phi) is 47.3. The number of carbonyl (C=O) groups is 3. The summed E-state index contributed by atoms with van der Waals surface area (Å²) in [6.07, 6.45) is 56.9. The molecule has 0 spiro atoms. The van der Waals surface area contributed by atoms with Gasteiger partial charge in [-0.15, -0.1) is 0 Å². The second-order valence-electron chi connectivity index (χ2n) is 17.4. The summed E-state index contributed by atoms with van der Waals surface area (Å²) < 4.78 is 16.8. The maximum absolute atomic E-state index is 12.8. The minimum absolute atomic E-state index is 0.0810. The fraction of sp³-hybridized carbons (Fsp3) is 0.833. The number of allylic oxidation sites excluding steroid dienone is 6. The minimum atomic E-state index is -0.780. The summed E-state index contributed by atoms with van der Waals surface area (Å²) in [7, 11) is 0. The predicted octanol–water partition coefficient (Wildman–Crippen LogP) is 16.9. The molecule has 0 unspecified atom stereocenters. The van der Waals surface area contributed by atoms with Crippen molar-refractivity contribution >= 4 is 17.9 Å². The van der Waals surface area contributed by atoms with Gasteiger partial charge in [0.2, 0.25) is 0 Å². The van der Waals surface area contributed by atoms with Gasteiger partial charge >= 0.3 is 17.9 Å². The predicted molar refractivity (Wildman–Crippen MR) is 256 cm³/mol. The van der Waals surface area contributed by atoms with Gasteiger partial charge in [0.05, 0.1) is 0 Å². The lowest BCUT2D eigenvalue weighted by Gasteiger charge is -2.18. The third-order valence-corrected chi connectivity index (χ3v) is 11.3. The van der Waals surface area contributed by atoms with Crippen LogP contribution in [-0.4, -0.2) is 37.2 Å². The van der Waals surface area contributed by atoms with Gasteiger partial charge in [0.25, 0.3) is 0 Å². The molecule has 0 radical (unpaired) electrons. The molecule has 0 heterocycles. The van der Waals surface area contributed by atoms with Crippen LogP contribution in [-0.2, 0) is 28.6 Å². The summed E-state index contributed by atoms with van der Waals surface area (Å²) in [6.45, 7) is 6.60. The van der Waals surface area contributed by atoms with Crippen molar-refractivity contribution < 1.29 is 28.6 Å². The number of esters is 3. The van der Waals surface area contributed by atoms with Crippen LogP contribution in [0.1, 0.15) is 271 Å². The highest BCUT2D eigenvalue weighted by Gasteiger charge is 2.19.